The van der Waals surface area contributed by atoms with E-state index in [0.717, 1.165) is 12.1 Å². The van der Waals surface area contributed by atoms with Gasteiger partial charge in [-0.05, 0) is 12.1 Å². The molecule has 0 saturated carbocycles. The number of halogens is 34. The van der Waals surface area contributed by atoms with Gasteiger partial charge in [-0.1, -0.05) is 0 Å². The van der Waals surface area contributed by atoms with Crippen LogP contribution in [-0.4, -0.2) is 107 Å². The summed E-state index contributed by atoms with van der Waals surface area (Å²) in [6, 6.07) is 2.31. The first-order valence-corrected chi connectivity index (χ1v) is 17.2. The van der Waals surface area contributed by atoms with Crippen LogP contribution in [0, 0.1) is 22.7 Å². The van der Waals surface area contributed by atoms with Crippen molar-refractivity contribution in [2.75, 3.05) is 11.5 Å². The first kappa shape index (κ1) is 60.5. The zero-order chi connectivity index (χ0) is 53.4. The molecule has 1 aromatic rings. The van der Waals surface area contributed by atoms with E-state index in [1.54, 1.807) is 0 Å². The van der Waals surface area contributed by atoms with E-state index in [1.165, 1.54) is 0 Å². The van der Waals surface area contributed by atoms with Crippen molar-refractivity contribution in [3.05, 3.63) is 23.3 Å². The standard InChI is InChI=1S/C28H10F34N2S2/c29-13(30,15(33,34)17(37,38)19(41,42)21(45,46)23(49,50)25(53,54)27(57,58)59)1-3-65-11-5-9(7-63)10(8-64)6-12(11)66-4-2-14(31,32)16(35,36)18(39,40)20(43,44)22(47,48)24(51,52)26(55,56)28(60,61)62/h5-6H,1-4H2. The van der Waals surface area contributed by atoms with Gasteiger partial charge in [-0.25, -0.2) is 0 Å². The van der Waals surface area contributed by atoms with Crippen LogP contribution < -0.4 is 0 Å². The van der Waals surface area contributed by atoms with Gasteiger partial charge >= 0.3 is 95.3 Å². The third kappa shape index (κ3) is 8.75. The summed E-state index contributed by atoms with van der Waals surface area (Å²) >= 11 is -1.43. The van der Waals surface area contributed by atoms with Gasteiger partial charge in [0.25, 0.3) is 0 Å². The van der Waals surface area contributed by atoms with Gasteiger partial charge in [0.15, 0.2) is 0 Å². The summed E-state index contributed by atoms with van der Waals surface area (Å²) in [7, 11) is 0. The van der Waals surface area contributed by atoms with Crippen LogP contribution in [0.2, 0.25) is 0 Å². The molecule has 0 aliphatic heterocycles. The first-order chi connectivity index (χ1) is 28.6. The molecular formula is C28H10F34N2S2. The molecule has 0 heterocycles. The maximum absolute atomic E-state index is 14.4. The highest BCUT2D eigenvalue weighted by molar-refractivity contribution is 8.02. The minimum absolute atomic E-state index is 0.106. The summed E-state index contributed by atoms with van der Waals surface area (Å²) < 4.78 is 461. The molecule has 1 rings (SSSR count). The molecule has 0 saturated heterocycles. The molecule has 0 aliphatic rings. The van der Waals surface area contributed by atoms with E-state index in [-0.39, 0.29) is 12.1 Å². The van der Waals surface area contributed by atoms with E-state index in [0.29, 0.717) is 0 Å². The Labute approximate surface area is 348 Å². The molecule has 66 heavy (non-hydrogen) atoms. The Morgan fingerprint density at radius 3 is 0.667 bits per heavy atom. The van der Waals surface area contributed by atoms with Crippen molar-refractivity contribution in [2.45, 2.75) is 118 Å². The van der Waals surface area contributed by atoms with Gasteiger partial charge in [-0.15, -0.1) is 23.5 Å². The minimum Gasteiger partial charge on any atom is -0.200 e. The van der Waals surface area contributed by atoms with E-state index in [2.05, 4.69) is 0 Å². The van der Waals surface area contributed by atoms with E-state index >= 15 is 0 Å². The molecule has 0 N–H and O–H groups in total. The average Bonchev–Trinajstić information content (AvgIpc) is 3.12. The molecule has 0 unspecified atom stereocenters. The van der Waals surface area contributed by atoms with Crippen LogP contribution in [0.15, 0.2) is 21.9 Å². The molecule has 382 valence electrons. The van der Waals surface area contributed by atoms with Crippen LogP contribution >= 0.6 is 23.5 Å². The van der Waals surface area contributed by atoms with E-state index < -0.39 is 164 Å². The summed E-state index contributed by atoms with van der Waals surface area (Å²) in [5.41, 5.74) is -2.17. The van der Waals surface area contributed by atoms with Crippen molar-refractivity contribution in [3.8, 4) is 12.1 Å². The Morgan fingerprint density at radius 1 is 0.303 bits per heavy atom. The lowest BCUT2D eigenvalue weighted by Crippen LogP contribution is -2.74. The average molecular weight is 1080 g/mol. The topological polar surface area (TPSA) is 47.6 Å². The molecule has 0 amide bonds. The van der Waals surface area contributed by atoms with Gasteiger partial charge < -0.3 is 0 Å². The molecule has 0 spiro atoms. The number of alkyl halides is 34. The molecule has 0 fully saturated rings. The molecular weight excluding hydrogens is 1070 g/mol. The van der Waals surface area contributed by atoms with Crippen LogP contribution in [0.5, 0.6) is 0 Å². The Kier molecular flexibility index (Phi) is 15.8. The Bertz CT molecular complexity index is 1860. The van der Waals surface area contributed by atoms with Crippen molar-refractivity contribution in [1.29, 1.82) is 10.5 Å². The van der Waals surface area contributed by atoms with Crippen LogP contribution in [0.3, 0.4) is 0 Å². The van der Waals surface area contributed by atoms with Crippen LogP contribution in [0.1, 0.15) is 24.0 Å². The summed E-state index contributed by atoms with van der Waals surface area (Å²) in [5, 5.41) is 18.2. The number of nitriles is 2. The van der Waals surface area contributed by atoms with Crippen LogP contribution in [0.4, 0.5) is 149 Å². The third-order valence-corrected chi connectivity index (χ3v) is 10.5. The highest BCUT2D eigenvalue weighted by Crippen LogP contribution is 2.66. The largest absolute Gasteiger partial charge is 0.460 e. The molecule has 0 aliphatic carbocycles. The number of nitrogens with zero attached hydrogens (tertiary/aromatic N) is 2. The van der Waals surface area contributed by atoms with Crippen molar-refractivity contribution < 1.29 is 149 Å². The predicted molar refractivity (Wildman–Crippen MR) is 148 cm³/mol. The Hall–Kier alpha value is -3.48. The fourth-order valence-corrected chi connectivity index (χ4v) is 6.57. The predicted octanol–water partition coefficient (Wildman–Crippen LogP) is 14.4. The van der Waals surface area contributed by atoms with Crippen molar-refractivity contribution in [2.24, 2.45) is 0 Å². The van der Waals surface area contributed by atoms with Gasteiger partial charge in [-0.2, -0.15) is 160 Å². The van der Waals surface area contributed by atoms with Gasteiger partial charge in [0.2, 0.25) is 0 Å². The quantitative estimate of drug-likeness (QED) is 0.0964. The molecule has 0 atom stereocenters. The third-order valence-electron chi connectivity index (χ3n) is 8.25. The summed E-state index contributed by atoms with van der Waals surface area (Å²) in [6.45, 7) is 0. The van der Waals surface area contributed by atoms with E-state index in [9.17, 15) is 149 Å². The lowest BCUT2D eigenvalue weighted by molar-refractivity contribution is -0.461. The second-order valence-electron chi connectivity index (χ2n) is 12.6. The van der Waals surface area contributed by atoms with Gasteiger partial charge in [0, 0.05) is 34.1 Å². The van der Waals surface area contributed by atoms with Crippen molar-refractivity contribution >= 4 is 23.5 Å². The van der Waals surface area contributed by atoms with Crippen molar-refractivity contribution in [1.82, 2.24) is 0 Å². The summed E-state index contributed by atoms with van der Waals surface area (Å²) in [4.78, 5) is -2.49. The maximum atomic E-state index is 14.4. The smallest absolute Gasteiger partial charge is 0.200 e. The zero-order valence-electron chi connectivity index (χ0n) is 29.5. The summed E-state index contributed by atoms with van der Waals surface area (Å²) in [6.07, 6.45) is -22.6. The van der Waals surface area contributed by atoms with E-state index in [4.69, 9.17) is 10.5 Å². The fourth-order valence-electron chi connectivity index (χ4n) is 4.26. The highest BCUT2D eigenvalue weighted by atomic mass is 32.2. The lowest BCUT2D eigenvalue weighted by atomic mass is 9.88. The second kappa shape index (κ2) is 17.2. The Balaban J connectivity index is 3.60. The number of hydrogen-bond acceptors (Lipinski definition) is 4. The monoisotopic (exact) mass is 1080 g/mol. The van der Waals surface area contributed by atoms with Crippen LogP contribution in [-0.2, 0) is 0 Å². The molecule has 0 radical (unpaired) electrons. The molecule has 2 nitrogen and oxygen atoms in total. The number of rotatable bonds is 20. The first-order valence-electron chi connectivity index (χ1n) is 15.2. The second-order valence-corrected chi connectivity index (χ2v) is 14.8. The lowest BCUT2D eigenvalue weighted by Gasteiger charge is -2.42. The summed E-state index contributed by atoms with van der Waals surface area (Å²) in [5.74, 6) is -123. The number of thioether (sulfide) groups is 2. The molecule has 38 heteroatoms. The van der Waals surface area contributed by atoms with Crippen molar-refractivity contribution in [3.63, 3.8) is 0 Å². The number of hydrogen-bond donors (Lipinski definition) is 0. The highest BCUT2D eigenvalue weighted by Gasteiger charge is 2.96. The molecule has 0 aromatic heterocycles. The maximum Gasteiger partial charge on any atom is 0.460 e. The zero-order valence-corrected chi connectivity index (χ0v) is 31.2. The van der Waals surface area contributed by atoms with Gasteiger partial charge in [0.1, 0.15) is 12.1 Å². The normalized spacial score (nSPS) is 15.8. The number of benzene rings is 1. The van der Waals surface area contributed by atoms with Crippen LogP contribution in [0.25, 0.3) is 0 Å². The van der Waals surface area contributed by atoms with Gasteiger partial charge in [0.05, 0.1) is 11.1 Å². The fraction of sp³-hybridized carbons (Fsp3) is 0.714. The van der Waals surface area contributed by atoms with Gasteiger partial charge in [-0.3, -0.25) is 0 Å². The SMILES string of the molecule is N#Cc1cc(SCCC(F)(F)C(F)(F)C(F)(F)C(F)(F)C(F)(F)C(F)(F)C(F)(F)C(F)(F)F)c(SCCC(F)(F)C(F)(F)C(F)(F)C(F)(F)C(F)(F)C(F)(F)C(F)(F)C(F)(F)F)cc1C#N. The molecule has 1 aromatic carbocycles. The Morgan fingerprint density at radius 2 is 0.485 bits per heavy atom. The molecule has 0 bridgehead atoms. The van der Waals surface area contributed by atoms with E-state index in [1.807, 2.05) is 0 Å². The minimum atomic E-state index is -9.01.